The molecule has 0 spiro atoms. The number of amides is 1. The van der Waals surface area contributed by atoms with Crippen molar-refractivity contribution in [2.24, 2.45) is 13.0 Å². The number of rotatable bonds is 4. The van der Waals surface area contributed by atoms with E-state index in [0.29, 0.717) is 18.0 Å². The zero-order valence-electron chi connectivity index (χ0n) is 12.2. The largest absolute Gasteiger partial charge is 0.321 e. The van der Waals surface area contributed by atoms with Gasteiger partial charge in [0.1, 0.15) is 5.69 Å². The van der Waals surface area contributed by atoms with Gasteiger partial charge in [-0.3, -0.25) is 9.59 Å². The summed E-state index contributed by atoms with van der Waals surface area (Å²) in [6.07, 6.45) is 5.42. The smallest absolute Gasteiger partial charge is 0.274 e. The van der Waals surface area contributed by atoms with Crippen LogP contribution in [0, 0.1) is 12.8 Å². The molecule has 1 saturated heterocycles. The highest BCUT2D eigenvalue weighted by Crippen LogP contribution is 2.18. The Morgan fingerprint density at radius 3 is 2.85 bits per heavy atom. The van der Waals surface area contributed by atoms with Crippen LogP contribution in [0.4, 0.5) is 5.69 Å². The lowest BCUT2D eigenvalue weighted by Gasteiger charge is -2.22. The maximum atomic E-state index is 12.0. The molecule has 1 amide bonds. The minimum Gasteiger partial charge on any atom is -0.321 e. The minimum absolute atomic E-state index is 0.0637. The van der Waals surface area contributed by atoms with E-state index in [2.05, 4.69) is 10.6 Å². The van der Waals surface area contributed by atoms with Gasteiger partial charge in [-0.05, 0) is 56.8 Å². The number of aromatic nitrogens is 1. The molecule has 2 heterocycles. The van der Waals surface area contributed by atoms with Crippen LogP contribution in [0.15, 0.2) is 17.1 Å². The third-order valence-corrected chi connectivity index (χ3v) is 3.83. The number of carbonyl (C=O) groups is 1. The molecule has 1 aliphatic rings. The molecule has 0 atom stereocenters. The second-order valence-corrected chi connectivity index (χ2v) is 5.63. The molecule has 2 N–H and O–H groups in total. The van der Waals surface area contributed by atoms with E-state index in [9.17, 15) is 9.59 Å². The van der Waals surface area contributed by atoms with E-state index in [1.165, 1.54) is 4.57 Å². The van der Waals surface area contributed by atoms with Crippen LogP contribution in [0.5, 0.6) is 0 Å². The van der Waals surface area contributed by atoms with Gasteiger partial charge in [-0.25, -0.2) is 0 Å². The predicted molar refractivity (Wildman–Crippen MR) is 79.9 cm³/mol. The van der Waals surface area contributed by atoms with Crippen molar-refractivity contribution < 1.29 is 4.79 Å². The number of pyridine rings is 1. The fourth-order valence-electron chi connectivity index (χ4n) is 2.69. The van der Waals surface area contributed by atoms with E-state index >= 15 is 0 Å². The first-order chi connectivity index (χ1) is 9.56. The van der Waals surface area contributed by atoms with Gasteiger partial charge in [0.15, 0.2) is 0 Å². The highest BCUT2D eigenvalue weighted by atomic mass is 16.2. The molecule has 0 saturated carbocycles. The zero-order valence-corrected chi connectivity index (χ0v) is 12.2. The van der Waals surface area contributed by atoms with Gasteiger partial charge >= 0.3 is 0 Å². The van der Waals surface area contributed by atoms with Crippen molar-refractivity contribution in [2.75, 3.05) is 18.4 Å². The van der Waals surface area contributed by atoms with E-state index in [-0.39, 0.29) is 11.5 Å². The molecule has 5 heteroatoms. The molecule has 110 valence electrons. The Labute approximate surface area is 119 Å². The topological polar surface area (TPSA) is 63.1 Å². The summed E-state index contributed by atoms with van der Waals surface area (Å²) in [5, 5.41) is 6.06. The number of piperidine rings is 1. The lowest BCUT2D eigenvalue weighted by atomic mass is 9.93. The van der Waals surface area contributed by atoms with E-state index in [1.54, 1.807) is 19.3 Å². The maximum Gasteiger partial charge on any atom is 0.274 e. The Balaban J connectivity index is 1.89. The molecule has 0 aromatic carbocycles. The van der Waals surface area contributed by atoms with Gasteiger partial charge in [0.2, 0.25) is 5.91 Å². The van der Waals surface area contributed by atoms with Gasteiger partial charge in [-0.15, -0.1) is 0 Å². The van der Waals surface area contributed by atoms with Crippen molar-refractivity contribution >= 4 is 11.6 Å². The molecule has 0 bridgehead atoms. The Morgan fingerprint density at radius 2 is 2.15 bits per heavy atom. The number of hydrogen-bond acceptors (Lipinski definition) is 3. The van der Waals surface area contributed by atoms with Crippen molar-refractivity contribution in [1.29, 1.82) is 0 Å². The van der Waals surface area contributed by atoms with Crippen molar-refractivity contribution in [3.05, 3.63) is 28.2 Å². The van der Waals surface area contributed by atoms with Gasteiger partial charge in [0.25, 0.3) is 5.56 Å². The van der Waals surface area contributed by atoms with Crippen molar-refractivity contribution in [1.82, 2.24) is 9.88 Å². The monoisotopic (exact) mass is 277 g/mol. The third-order valence-electron chi connectivity index (χ3n) is 3.83. The van der Waals surface area contributed by atoms with Gasteiger partial charge in [-0.2, -0.15) is 0 Å². The van der Waals surface area contributed by atoms with E-state index < -0.39 is 0 Å². The van der Waals surface area contributed by atoms with Crippen LogP contribution in [0.1, 0.15) is 31.2 Å². The average Bonchev–Trinajstić information content (AvgIpc) is 2.43. The van der Waals surface area contributed by atoms with Crippen LogP contribution in [0.2, 0.25) is 0 Å². The molecule has 0 aliphatic carbocycles. The Bertz CT molecular complexity index is 530. The second kappa shape index (κ2) is 6.70. The van der Waals surface area contributed by atoms with Crippen molar-refractivity contribution in [2.45, 2.75) is 32.6 Å². The molecular weight excluding hydrogens is 254 g/mol. The van der Waals surface area contributed by atoms with Crippen LogP contribution in [-0.4, -0.2) is 23.6 Å². The summed E-state index contributed by atoms with van der Waals surface area (Å²) in [5.41, 5.74) is 1.18. The second-order valence-electron chi connectivity index (χ2n) is 5.63. The molecule has 5 nitrogen and oxygen atoms in total. The lowest BCUT2D eigenvalue weighted by molar-refractivity contribution is -0.116. The van der Waals surface area contributed by atoms with Crippen LogP contribution in [0.3, 0.4) is 0 Å². The molecule has 1 aromatic heterocycles. The summed E-state index contributed by atoms with van der Waals surface area (Å²) in [6.45, 7) is 4.00. The fourth-order valence-corrected chi connectivity index (χ4v) is 2.69. The summed E-state index contributed by atoms with van der Waals surface area (Å²) in [5.74, 6) is 0.563. The van der Waals surface area contributed by atoms with Gasteiger partial charge in [0.05, 0.1) is 0 Å². The first-order valence-corrected chi connectivity index (χ1v) is 7.24. The molecule has 0 unspecified atom stereocenters. The molecule has 1 fully saturated rings. The molecule has 2 rings (SSSR count). The number of hydrogen-bond donors (Lipinski definition) is 2. The number of aryl methyl sites for hydroxylation is 2. The highest BCUT2D eigenvalue weighted by Gasteiger charge is 2.15. The number of carbonyl (C=O) groups excluding carboxylic acids is 1. The van der Waals surface area contributed by atoms with Crippen molar-refractivity contribution in [3.63, 3.8) is 0 Å². The molecule has 1 aromatic rings. The summed E-state index contributed by atoms with van der Waals surface area (Å²) >= 11 is 0. The van der Waals surface area contributed by atoms with Crippen LogP contribution in [0.25, 0.3) is 0 Å². The average molecular weight is 277 g/mol. The van der Waals surface area contributed by atoms with E-state index in [1.807, 2.05) is 6.92 Å². The Hall–Kier alpha value is -1.62. The molecule has 1 aliphatic heterocycles. The van der Waals surface area contributed by atoms with Gasteiger partial charge in [-0.1, -0.05) is 0 Å². The fraction of sp³-hybridized carbons (Fsp3) is 0.600. The van der Waals surface area contributed by atoms with Crippen LogP contribution < -0.4 is 16.2 Å². The first-order valence-electron chi connectivity index (χ1n) is 7.24. The number of nitrogens with one attached hydrogen (secondary N) is 2. The van der Waals surface area contributed by atoms with Gasteiger partial charge in [0, 0.05) is 19.7 Å². The quantitative estimate of drug-likeness (QED) is 0.874. The summed E-state index contributed by atoms with van der Waals surface area (Å²) in [4.78, 5) is 23.9. The maximum absolute atomic E-state index is 12.0. The lowest BCUT2D eigenvalue weighted by Crippen LogP contribution is -2.29. The molecule has 0 radical (unpaired) electrons. The standard InChI is InChI=1S/C15H23N3O2/c1-11-9-13(15(20)18(2)10-11)17-14(19)4-3-12-5-7-16-8-6-12/h9-10,12,16H,3-8H2,1-2H3,(H,17,19). The van der Waals surface area contributed by atoms with Gasteiger partial charge < -0.3 is 15.2 Å². The van der Waals surface area contributed by atoms with E-state index in [0.717, 1.165) is 37.9 Å². The summed E-state index contributed by atoms with van der Waals surface area (Å²) < 4.78 is 1.50. The molecular formula is C15H23N3O2. The SMILES string of the molecule is Cc1cc(NC(=O)CCC2CCNCC2)c(=O)n(C)c1. The summed E-state index contributed by atoms with van der Waals surface area (Å²) in [6, 6.07) is 1.73. The predicted octanol–water partition coefficient (Wildman–Crippen LogP) is 1.41. The number of nitrogens with zero attached hydrogens (tertiary/aromatic N) is 1. The Kier molecular flexibility index (Phi) is 4.95. The molecule has 20 heavy (non-hydrogen) atoms. The van der Waals surface area contributed by atoms with Crippen LogP contribution in [-0.2, 0) is 11.8 Å². The Morgan fingerprint density at radius 1 is 1.45 bits per heavy atom. The summed E-state index contributed by atoms with van der Waals surface area (Å²) in [7, 11) is 1.69. The van der Waals surface area contributed by atoms with Crippen LogP contribution >= 0.6 is 0 Å². The first kappa shape index (κ1) is 14.8. The van der Waals surface area contributed by atoms with Crippen molar-refractivity contribution in [3.8, 4) is 0 Å². The van der Waals surface area contributed by atoms with E-state index in [4.69, 9.17) is 0 Å². The normalized spacial score (nSPS) is 16.1. The highest BCUT2D eigenvalue weighted by molar-refractivity contribution is 5.90. The number of anilines is 1. The minimum atomic E-state index is -0.161. The zero-order chi connectivity index (χ0) is 14.5. The third kappa shape index (κ3) is 3.93.